The summed E-state index contributed by atoms with van der Waals surface area (Å²) in [7, 11) is 0. The average molecular weight is 401 g/mol. The Balaban J connectivity index is 1.68. The third kappa shape index (κ3) is 3.53. The molecule has 2 bridgehead atoms. The fourth-order valence-electron chi connectivity index (χ4n) is 4.38. The van der Waals surface area contributed by atoms with Crippen molar-refractivity contribution >= 4 is 5.91 Å². The van der Waals surface area contributed by atoms with E-state index in [0.717, 1.165) is 25.7 Å². The SMILES string of the molecule is CCOC12CCC(CC1)Cn1c2nc(C(=O)NCc2ccc(F)cc2)c(O)c1=O. The number of halogens is 1. The van der Waals surface area contributed by atoms with Crippen molar-refractivity contribution in [1.82, 2.24) is 14.9 Å². The highest BCUT2D eigenvalue weighted by molar-refractivity contribution is 5.94. The number of benzene rings is 1. The first-order valence-corrected chi connectivity index (χ1v) is 9.94. The molecule has 2 aliphatic heterocycles. The summed E-state index contributed by atoms with van der Waals surface area (Å²) >= 11 is 0. The zero-order valence-corrected chi connectivity index (χ0v) is 16.3. The third-order valence-electron chi connectivity index (χ3n) is 5.91. The van der Waals surface area contributed by atoms with Gasteiger partial charge >= 0.3 is 0 Å². The van der Waals surface area contributed by atoms with Gasteiger partial charge in [-0.05, 0) is 56.2 Å². The number of aromatic nitrogens is 2. The van der Waals surface area contributed by atoms with Gasteiger partial charge in [-0.2, -0.15) is 0 Å². The van der Waals surface area contributed by atoms with Crippen LogP contribution in [-0.2, 0) is 23.4 Å². The van der Waals surface area contributed by atoms with E-state index in [9.17, 15) is 19.1 Å². The molecule has 154 valence electrons. The molecule has 0 radical (unpaired) electrons. The van der Waals surface area contributed by atoms with Crippen molar-refractivity contribution in [3.8, 4) is 5.75 Å². The number of ether oxygens (including phenoxy) is 1. The molecule has 1 saturated carbocycles. The van der Waals surface area contributed by atoms with Gasteiger partial charge in [-0.1, -0.05) is 12.1 Å². The van der Waals surface area contributed by atoms with Gasteiger partial charge in [0.25, 0.3) is 11.5 Å². The maximum Gasteiger partial charge on any atom is 0.296 e. The second kappa shape index (κ2) is 7.59. The molecule has 0 atom stereocenters. The quantitative estimate of drug-likeness (QED) is 0.803. The zero-order chi connectivity index (χ0) is 20.6. The molecule has 5 rings (SSSR count). The van der Waals surface area contributed by atoms with Crippen LogP contribution in [0.4, 0.5) is 4.39 Å². The lowest BCUT2D eigenvalue weighted by atomic mass is 9.80. The number of fused-ring (bicyclic) bond motifs is 2. The molecule has 0 unspecified atom stereocenters. The Kier molecular flexibility index (Phi) is 5.12. The fraction of sp³-hybridized carbons (Fsp3) is 0.476. The highest BCUT2D eigenvalue weighted by atomic mass is 19.1. The lowest BCUT2D eigenvalue weighted by Gasteiger charge is -2.35. The maximum absolute atomic E-state index is 13.0. The van der Waals surface area contributed by atoms with Crippen molar-refractivity contribution in [3.05, 3.63) is 57.5 Å². The molecule has 1 amide bonds. The maximum atomic E-state index is 13.0. The number of carbonyl (C=O) groups is 1. The minimum atomic E-state index is -0.708. The number of hydrogen-bond acceptors (Lipinski definition) is 5. The Labute approximate surface area is 167 Å². The number of carbonyl (C=O) groups excluding carboxylic acids is 1. The molecule has 7 nitrogen and oxygen atoms in total. The van der Waals surface area contributed by atoms with Crippen LogP contribution >= 0.6 is 0 Å². The molecule has 29 heavy (non-hydrogen) atoms. The second-order valence-electron chi connectivity index (χ2n) is 7.73. The lowest BCUT2D eigenvalue weighted by molar-refractivity contribution is -0.0790. The van der Waals surface area contributed by atoms with Crippen LogP contribution in [0.3, 0.4) is 0 Å². The van der Waals surface area contributed by atoms with Gasteiger partial charge in [-0.25, -0.2) is 9.37 Å². The van der Waals surface area contributed by atoms with Crippen LogP contribution in [0.15, 0.2) is 29.1 Å². The van der Waals surface area contributed by atoms with Crippen LogP contribution in [0.5, 0.6) is 5.75 Å². The molecular weight excluding hydrogens is 377 g/mol. The molecule has 2 aromatic rings. The predicted molar refractivity (Wildman–Crippen MR) is 103 cm³/mol. The topological polar surface area (TPSA) is 93.5 Å². The van der Waals surface area contributed by atoms with E-state index < -0.39 is 22.8 Å². The van der Waals surface area contributed by atoms with Crippen molar-refractivity contribution in [3.63, 3.8) is 0 Å². The van der Waals surface area contributed by atoms with E-state index >= 15 is 0 Å². The summed E-state index contributed by atoms with van der Waals surface area (Å²) in [6.07, 6.45) is 3.30. The summed E-state index contributed by atoms with van der Waals surface area (Å²) in [4.78, 5) is 30.0. The summed E-state index contributed by atoms with van der Waals surface area (Å²) < 4.78 is 20.6. The number of rotatable bonds is 5. The van der Waals surface area contributed by atoms with E-state index in [1.165, 1.54) is 16.7 Å². The third-order valence-corrected chi connectivity index (χ3v) is 5.91. The monoisotopic (exact) mass is 401 g/mol. The molecule has 1 aromatic heterocycles. The lowest BCUT2D eigenvalue weighted by Crippen LogP contribution is -2.39. The minimum Gasteiger partial charge on any atom is -0.501 e. The van der Waals surface area contributed by atoms with E-state index in [4.69, 9.17) is 4.74 Å². The molecule has 8 heteroatoms. The molecule has 3 aliphatic rings. The molecule has 0 saturated heterocycles. The molecule has 0 spiro atoms. The predicted octanol–water partition coefficient (Wildman–Crippen LogP) is 2.45. The second-order valence-corrected chi connectivity index (χ2v) is 7.73. The Morgan fingerprint density at radius 3 is 2.69 bits per heavy atom. The molecule has 1 aliphatic carbocycles. The Morgan fingerprint density at radius 2 is 2.03 bits per heavy atom. The number of amides is 1. The van der Waals surface area contributed by atoms with E-state index in [0.29, 0.717) is 30.5 Å². The van der Waals surface area contributed by atoms with Gasteiger partial charge in [-0.15, -0.1) is 0 Å². The first-order chi connectivity index (χ1) is 13.9. The van der Waals surface area contributed by atoms with E-state index in [1.54, 1.807) is 12.1 Å². The first-order valence-electron chi connectivity index (χ1n) is 9.94. The van der Waals surface area contributed by atoms with Crippen LogP contribution in [0.2, 0.25) is 0 Å². The average Bonchev–Trinajstić information content (AvgIpc) is 2.96. The molecule has 3 heterocycles. The fourth-order valence-corrected chi connectivity index (χ4v) is 4.38. The van der Waals surface area contributed by atoms with Gasteiger partial charge in [0.15, 0.2) is 5.69 Å². The zero-order valence-electron chi connectivity index (χ0n) is 16.3. The summed E-state index contributed by atoms with van der Waals surface area (Å²) in [5.41, 5.74) is -0.927. The Hall–Kier alpha value is -2.74. The number of hydrogen-bond donors (Lipinski definition) is 2. The highest BCUT2D eigenvalue weighted by Gasteiger charge is 2.45. The first kappa shape index (κ1) is 19.6. The normalized spacial score (nSPS) is 22.8. The molecular formula is C21H24FN3O4. The largest absolute Gasteiger partial charge is 0.501 e. The van der Waals surface area contributed by atoms with Crippen LogP contribution in [0, 0.1) is 11.7 Å². The van der Waals surface area contributed by atoms with Gasteiger partial charge < -0.3 is 15.2 Å². The summed E-state index contributed by atoms with van der Waals surface area (Å²) in [6.45, 7) is 2.96. The van der Waals surface area contributed by atoms with E-state index in [1.807, 2.05) is 6.92 Å². The highest BCUT2D eigenvalue weighted by Crippen LogP contribution is 2.45. The number of nitrogens with one attached hydrogen (secondary N) is 1. The van der Waals surface area contributed by atoms with Crippen LogP contribution < -0.4 is 10.9 Å². The van der Waals surface area contributed by atoms with Gasteiger partial charge in [-0.3, -0.25) is 14.2 Å². The summed E-state index contributed by atoms with van der Waals surface area (Å²) in [5, 5.41) is 13.0. The van der Waals surface area contributed by atoms with Crippen LogP contribution in [0.1, 0.15) is 54.5 Å². The van der Waals surface area contributed by atoms with Crippen molar-refractivity contribution in [2.75, 3.05) is 6.61 Å². The molecule has 1 aromatic carbocycles. The summed E-state index contributed by atoms with van der Waals surface area (Å²) in [5.74, 6) is -0.915. The van der Waals surface area contributed by atoms with E-state index in [2.05, 4.69) is 10.3 Å². The van der Waals surface area contributed by atoms with Crippen molar-refractivity contribution in [2.24, 2.45) is 5.92 Å². The van der Waals surface area contributed by atoms with Crippen LogP contribution in [-0.4, -0.2) is 27.2 Å². The van der Waals surface area contributed by atoms with E-state index in [-0.39, 0.29) is 18.1 Å². The van der Waals surface area contributed by atoms with Crippen LogP contribution in [0.25, 0.3) is 0 Å². The number of nitrogens with zero attached hydrogens (tertiary/aromatic N) is 2. The van der Waals surface area contributed by atoms with Crippen molar-refractivity contribution in [1.29, 1.82) is 0 Å². The van der Waals surface area contributed by atoms with Gasteiger partial charge in [0.1, 0.15) is 17.2 Å². The van der Waals surface area contributed by atoms with Crippen molar-refractivity contribution in [2.45, 2.75) is 51.3 Å². The van der Waals surface area contributed by atoms with Gasteiger partial charge in [0.05, 0.1) is 0 Å². The summed E-state index contributed by atoms with van der Waals surface area (Å²) in [6, 6.07) is 5.71. The number of aromatic hydroxyl groups is 1. The Bertz CT molecular complexity index is 979. The van der Waals surface area contributed by atoms with Gasteiger partial charge in [0, 0.05) is 19.7 Å². The standard InChI is InChI=1S/C21H24FN3O4/c1-2-29-21-9-7-14(8-10-21)12-25-19(28)17(26)16(24-20(21)25)18(27)23-11-13-3-5-15(22)6-4-13/h3-6,14,26H,2,7-12H2,1H3,(H,23,27). The Morgan fingerprint density at radius 1 is 1.34 bits per heavy atom. The van der Waals surface area contributed by atoms with Crippen molar-refractivity contribution < 1.29 is 19.0 Å². The minimum absolute atomic E-state index is 0.122. The molecule has 2 N–H and O–H groups in total. The van der Waals surface area contributed by atoms with Gasteiger partial charge in [0.2, 0.25) is 5.75 Å². The molecule has 1 fully saturated rings. The smallest absolute Gasteiger partial charge is 0.296 e.